The molecule has 1 amide bonds. The van der Waals surface area contributed by atoms with Crippen LogP contribution in [0.2, 0.25) is 0 Å². The first kappa shape index (κ1) is 21.5. The van der Waals surface area contributed by atoms with Gasteiger partial charge in [-0.2, -0.15) is 4.31 Å². The van der Waals surface area contributed by atoms with Crippen LogP contribution in [0, 0.1) is 0 Å². The van der Waals surface area contributed by atoms with E-state index in [2.05, 4.69) is 10.3 Å². The second-order valence-electron chi connectivity index (χ2n) is 6.74. The summed E-state index contributed by atoms with van der Waals surface area (Å²) in [5.74, 6) is 0.421. The van der Waals surface area contributed by atoms with Crippen LogP contribution in [0.1, 0.15) is 18.2 Å². The van der Waals surface area contributed by atoms with Crippen LogP contribution >= 0.6 is 34.4 Å². The Morgan fingerprint density at radius 2 is 2.03 bits per heavy atom. The Kier molecular flexibility index (Phi) is 6.59. The number of carbonyl (C=O) groups excluding carboxylic acids is 1. The molecule has 3 heterocycles. The van der Waals surface area contributed by atoms with E-state index in [-0.39, 0.29) is 23.2 Å². The molecular weight excluding hydrogens is 459 g/mol. The summed E-state index contributed by atoms with van der Waals surface area (Å²) < 4.78 is 27.5. The van der Waals surface area contributed by atoms with Crippen LogP contribution in [0.3, 0.4) is 0 Å². The highest BCUT2D eigenvalue weighted by molar-refractivity contribution is 8.00. The van der Waals surface area contributed by atoms with Gasteiger partial charge in [0.05, 0.1) is 27.9 Å². The molecular formula is C20H21N3O3S4. The average molecular weight is 480 g/mol. The fourth-order valence-corrected chi connectivity index (χ4v) is 7.88. The average Bonchev–Trinajstić information content (AvgIpc) is 3.53. The van der Waals surface area contributed by atoms with E-state index < -0.39 is 16.1 Å². The van der Waals surface area contributed by atoms with Crippen molar-refractivity contribution in [3.8, 4) is 9.88 Å². The van der Waals surface area contributed by atoms with Crippen molar-refractivity contribution in [1.29, 1.82) is 0 Å². The molecule has 1 aliphatic rings. The van der Waals surface area contributed by atoms with Crippen LogP contribution in [0.4, 0.5) is 0 Å². The Bertz CT molecular complexity index is 1110. The van der Waals surface area contributed by atoms with Crippen molar-refractivity contribution in [2.45, 2.75) is 30.8 Å². The molecule has 0 unspecified atom stereocenters. The maximum absolute atomic E-state index is 13.1. The number of thiophene rings is 1. The summed E-state index contributed by atoms with van der Waals surface area (Å²) in [6.07, 6.45) is 0.843. The molecule has 2 aromatic heterocycles. The van der Waals surface area contributed by atoms with Crippen molar-refractivity contribution in [2.24, 2.45) is 0 Å². The Balaban J connectivity index is 1.43. The minimum atomic E-state index is -3.73. The molecule has 0 bridgehead atoms. The van der Waals surface area contributed by atoms with Crippen LogP contribution in [0.15, 0.2) is 52.1 Å². The molecule has 1 N–H and O–H groups in total. The second kappa shape index (κ2) is 9.19. The zero-order valence-electron chi connectivity index (χ0n) is 16.3. The van der Waals surface area contributed by atoms with Crippen LogP contribution in [0.25, 0.3) is 9.88 Å². The standard InChI is InChI=1S/C20H21N3O3S4/c1-2-14-5-7-16(8-6-14)30(25,26)23-13-27-12-17(23)19(24)21-10-15-11-29-20(22-15)18-4-3-9-28-18/h3-9,11,17H,2,10,12-13H2,1H3,(H,21,24)/t17-/m1/s1. The molecule has 0 spiro atoms. The Morgan fingerprint density at radius 3 is 2.73 bits per heavy atom. The number of rotatable bonds is 7. The minimum absolute atomic E-state index is 0.222. The number of aromatic nitrogens is 1. The van der Waals surface area contributed by atoms with Crippen molar-refractivity contribution in [3.63, 3.8) is 0 Å². The number of thioether (sulfide) groups is 1. The molecule has 3 aromatic rings. The van der Waals surface area contributed by atoms with Gasteiger partial charge in [-0.3, -0.25) is 4.79 Å². The van der Waals surface area contributed by atoms with Crippen LogP contribution in [-0.4, -0.2) is 41.3 Å². The third-order valence-electron chi connectivity index (χ3n) is 4.81. The molecule has 1 aromatic carbocycles. The zero-order chi connectivity index (χ0) is 21.1. The van der Waals surface area contributed by atoms with Gasteiger partial charge in [0.2, 0.25) is 15.9 Å². The van der Waals surface area contributed by atoms with Gasteiger partial charge in [0.25, 0.3) is 0 Å². The van der Waals surface area contributed by atoms with Crippen LogP contribution in [-0.2, 0) is 27.8 Å². The van der Waals surface area contributed by atoms with Crippen molar-refractivity contribution in [1.82, 2.24) is 14.6 Å². The lowest BCUT2D eigenvalue weighted by Crippen LogP contribution is -2.46. The second-order valence-corrected chi connectivity index (χ2v) is 11.4. The van der Waals surface area contributed by atoms with E-state index >= 15 is 0 Å². The lowest BCUT2D eigenvalue weighted by atomic mass is 10.2. The van der Waals surface area contributed by atoms with Gasteiger partial charge in [0, 0.05) is 11.1 Å². The van der Waals surface area contributed by atoms with E-state index in [1.807, 2.05) is 41.9 Å². The van der Waals surface area contributed by atoms with E-state index in [9.17, 15) is 13.2 Å². The first-order chi connectivity index (χ1) is 14.5. The number of sulfonamides is 1. The van der Waals surface area contributed by atoms with E-state index in [1.54, 1.807) is 23.5 Å². The minimum Gasteiger partial charge on any atom is -0.349 e. The molecule has 0 saturated carbocycles. The molecule has 1 atom stereocenters. The van der Waals surface area contributed by atoms with Gasteiger partial charge in [0.1, 0.15) is 11.0 Å². The number of carbonyl (C=O) groups is 1. The van der Waals surface area contributed by atoms with Crippen molar-refractivity contribution in [2.75, 3.05) is 11.6 Å². The SMILES string of the molecule is CCc1ccc(S(=O)(=O)N2CSC[C@@H]2C(=O)NCc2csc(-c3cccs3)n2)cc1. The third-order valence-corrected chi connectivity index (χ3v) is 9.78. The Morgan fingerprint density at radius 1 is 1.23 bits per heavy atom. The third kappa shape index (κ3) is 4.47. The number of thiazole rings is 1. The van der Waals surface area contributed by atoms with E-state index in [1.165, 1.54) is 27.4 Å². The highest BCUT2D eigenvalue weighted by Crippen LogP contribution is 2.30. The van der Waals surface area contributed by atoms with Gasteiger partial charge in [-0.05, 0) is 35.6 Å². The van der Waals surface area contributed by atoms with E-state index in [4.69, 9.17) is 0 Å². The Hall–Kier alpha value is -1.72. The molecule has 0 radical (unpaired) electrons. The molecule has 30 heavy (non-hydrogen) atoms. The number of benzene rings is 1. The lowest BCUT2D eigenvalue weighted by Gasteiger charge is -2.22. The summed E-state index contributed by atoms with van der Waals surface area (Å²) in [7, 11) is -3.73. The Labute approximate surface area is 188 Å². The summed E-state index contributed by atoms with van der Waals surface area (Å²) >= 11 is 4.60. The monoisotopic (exact) mass is 479 g/mol. The van der Waals surface area contributed by atoms with Gasteiger partial charge < -0.3 is 5.32 Å². The van der Waals surface area contributed by atoms with E-state index in [0.717, 1.165) is 27.6 Å². The van der Waals surface area contributed by atoms with Crippen molar-refractivity contribution in [3.05, 3.63) is 58.4 Å². The number of aryl methyl sites for hydroxylation is 1. The maximum Gasteiger partial charge on any atom is 0.244 e. The molecule has 10 heteroatoms. The summed E-state index contributed by atoms with van der Waals surface area (Å²) in [5.41, 5.74) is 1.84. The zero-order valence-corrected chi connectivity index (χ0v) is 19.5. The molecule has 1 saturated heterocycles. The van der Waals surface area contributed by atoms with Crippen LogP contribution in [0.5, 0.6) is 0 Å². The summed E-state index contributed by atoms with van der Waals surface area (Å²) in [4.78, 5) is 18.7. The number of hydrogen-bond donors (Lipinski definition) is 1. The highest BCUT2D eigenvalue weighted by Gasteiger charge is 2.39. The molecule has 1 aliphatic heterocycles. The highest BCUT2D eigenvalue weighted by atomic mass is 32.2. The molecule has 158 valence electrons. The van der Waals surface area contributed by atoms with Crippen LogP contribution < -0.4 is 5.32 Å². The van der Waals surface area contributed by atoms with Crippen molar-refractivity contribution >= 4 is 50.4 Å². The number of nitrogens with one attached hydrogen (secondary N) is 1. The maximum atomic E-state index is 13.1. The quantitative estimate of drug-likeness (QED) is 0.557. The van der Waals surface area contributed by atoms with E-state index in [0.29, 0.717) is 5.75 Å². The van der Waals surface area contributed by atoms with Gasteiger partial charge >= 0.3 is 0 Å². The first-order valence-corrected chi connectivity index (χ1v) is 13.8. The van der Waals surface area contributed by atoms with Gasteiger partial charge in [-0.1, -0.05) is 25.1 Å². The predicted molar refractivity (Wildman–Crippen MR) is 123 cm³/mol. The summed E-state index contributed by atoms with van der Waals surface area (Å²) in [5, 5.41) is 7.70. The molecule has 0 aliphatic carbocycles. The van der Waals surface area contributed by atoms with Crippen molar-refractivity contribution < 1.29 is 13.2 Å². The molecule has 4 rings (SSSR count). The summed E-state index contributed by atoms with van der Waals surface area (Å²) in [6.45, 7) is 2.30. The number of hydrogen-bond acceptors (Lipinski definition) is 7. The smallest absolute Gasteiger partial charge is 0.244 e. The van der Waals surface area contributed by atoms with Gasteiger partial charge in [-0.15, -0.1) is 34.4 Å². The normalized spacial score (nSPS) is 17.3. The fraction of sp³-hybridized carbons (Fsp3) is 0.300. The lowest BCUT2D eigenvalue weighted by molar-refractivity contribution is -0.124. The topological polar surface area (TPSA) is 79.4 Å². The molecule has 1 fully saturated rings. The predicted octanol–water partition coefficient (Wildman–Crippen LogP) is 3.81. The fourth-order valence-electron chi connectivity index (χ4n) is 3.10. The molecule has 6 nitrogen and oxygen atoms in total. The number of nitrogens with zero attached hydrogens (tertiary/aromatic N) is 2. The number of amides is 1. The largest absolute Gasteiger partial charge is 0.349 e. The van der Waals surface area contributed by atoms with Gasteiger partial charge in [-0.25, -0.2) is 13.4 Å². The first-order valence-electron chi connectivity index (χ1n) is 9.43. The van der Waals surface area contributed by atoms with Gasteiger partial charge in [0.15, 0.2) is 0 Å². The summed E-state index contributed by atoms with van der Waals surface area (Å²) in [6, 6.07) is 10.1.